The summed E-state index contributed by atoms with van der Waals surface area (Å²) in [6, 6.07) is 5.74. The Morgan fingerprint density at radius 2 is 1.90 bits per heavy atom. The number of hydrogen-bond donors (Lipinski definition) is 0. The van der Waals surface area contributed by atoms with Crippen molar-refractivity contribution in [3.8, 4) is 0 Å². The van der Waals surface area contributed by atoms with Crippen LogP contribution in [0, 0.1) is 0 Å². The topological polar surface area (TPSA) is 49.9 Å². The van der Waals surface area contributed by atoms with Crippen molar-refractivity contribution in [1.82, 2.24) is 4.90 Å². The normalized spacial score (nSPS) is 19.2. The number of ether oxygens (including phenoxy) is 1. The zero-order valence-corrected chi connectivity index (χ0v) is 12.3. The smallest absolute Gasteiger partial charge is 0.299 e. The zero-order valence-electron chi connectivity index (χ0n) is 12.3. The molecule has 21 heavy (non-hydrogen) atoms. The number of Topliss-reactive ketones (excluding diaryl/α,β-unsaturated/α-hetero) is 1. The summed E-state index contributed by atoms with van der Waals surface area (Å²) >= 11 is 0. The van der Waals surface area contributed by atoms with E-state index in [0.717, 1.165) is 50.5 Å². The van der Waals surface area contributed by atoms with Crippen LogP contribution in [0.25, 0.3) is 0 Å². The summed E-state index contributed by atoms with van der Waals surface area (Å²) < 4.78 is 5.32. The summed E-state index contributed by atoms with van der Waals surface area (Å²) in [5.74, 6) is -0.770. The summed E-state index contributed by atoms with van der Waals surface area (Å²) in [7, 11) is 0. The molecule has 0 radical (unpaired) electrons. The van der Waals surface area contributed by atoms with Crippen LogP contribution in [-0.4, -0.2) is 56.0 Å². The molecule has 0 spiro atoms. The number of fused-ring (bicyclic) bond motifs is 1. The number of morpholine rings is 1. The van der Waals surface area contributed by atoms with E-state index in [-0.39, 0.29) is 5.78 Å². The summed E-state index contributed by atoms with van der Waals surface area (Å²) in [6.07, 6.45) is 0.864. The van der Waals surface area contributed by atoms with Crippen LogP contribution in [0.1, 0.15) is 22.8 Å². The molecule has 0 N–H and O–H groups in total. The predicted molar refractivity (Wildman–Crippen MR) is 79.8 cm³/mol. The number of nitrogens with zero attached hydrogens (tertiary/aromatic N) is 2. The highest BCUT2D eigenvalue weighted by molar-refractivity contribution is 6.52. The maximum absolute atomic E-state index is 12.2. The number of carbonyl (C=O) groups is 2. The van der Waals surface area contributed by atoms with Crippen LogP contribution < -0.4 is 4.90 Å². The van der Waals surface area contributed by atoms with Gasteiger partial charge in [-0.05, 0) is 24.1 Å². The summed E-state index contributed by atoms with van der Waals surface area (Å²) in [5, 5.41) is 0. The molecule has 1 aromatic carbocycles. The number of carbonyl (C=O) groups excluding carboxylic acids is 2. The third-order valence-corrected chi connectivity index (χ3v) is 4.19. The molecule has 112 valence electrons. The lowest BCUT2D eigenvalue weighted by atomic mass is 10.1. The van der Waals surface area contributed by atoms with Crippen molar-refractivity contribution in [2.24, 2.45) is 0 Å². The van der Waals surface area contributed by atoms with Gasteiger partial charge in [-0.15, -0.1) is 0 Å². The Hall–Kier alpha value is -1.72. The van der Waals surface area contributed by atoms with Crippen molar-refractivity contribution < 1.29 is 14.3 Å². The van der Waals surface area contributed by atoms with Crippen molar-refractivity contribution in [3.05, 3.63) is 29.3 Å². The molecule has 0 atom stereocenters. The lowest BCUT2D eigenvalue weighted by molar-refractivity contribution is -0.114. The van der Waals surface area contributed by atoms with Gasteiger partial charge in [0, 0.05) is 26.2 Å². The summed E-state index contributed by atoms with van der Waals surface area (Å²) in [6.45, 7) is 6.63. The highest BCUT2D eigenvalue weighted by Crippen LogP contribution is 2.29. The SMILES string of the molecule is CCc1ccc2c(c1)C(=O)C(=O)N2CCN1CCOCC1. The second-order valence-electron chi connectivity index (χ2n) is 5.44. The second kappa shape index (κ2) is 5.95. The van der Waals surface area contributed by atoms with E-state index in [1.54, 1.807) is 4.90 Å². The van der Waals surface area contributed by atoms with Gasteiger partial charge in [-0.1, -0.05) is 13.0 Å². The molecule has 5 heteroatoms. The Morgan fingerprint density at radius 3 is 2.62 bits per heavy atom. The lowest BCUT2D eigenvalue weighted by Crippen LogP contribution is -2.42. The molecule has 1 saturated heterocycles. The van der Waals surface area contributed by atoms with Crippen molar-refractivity contribution >= 4 is 17.4 Å². The Bertz CT molecular complexity index is 565. The third kappa shape index (κ3) is 2.71. The molecule has 0 unspecified atom stereocenters. The predicted octanol–water partition coefficient (Wildman–Crippen LogP) is 1.11. The molecule has 3 rings (SSSR count). The van der Waals surface area contributed by atoms with E-state index in [2.05, 4.69) is 4.90 Å². The highest BCUT2D eigenvalue weighted by Gasteiger charge is 2.35. The van der Waals surface area contributed by atoms with Gasteiger partial charge in [0.1, 0.15) is 0 Å². The molecular weight excluding hydrogens is 268 g/mol. The molecule has 5 nitrogen and oxygen atoms in total. The van der Waals surface area contributed by atoms with Crippen molar-refractivity contribution in [3.63, 3.8) is 0 Å². The van der Waals surface area contributed by atoms with E-state index >= 15 is 0 Å². The molecule has 0 saturated carbocycles. The van der Waals surface area contributed by atoms with Gasteiger partial charge in [0.25, 0.3) is 11.7 Å². The molecule has 2 aliphatic rings. The number of ketones is 1. The minimum atomic E-state index is -0.397. The number of rotatable bonds is 4. The largest absolute Gasteiger partial charge is 0.379 e. The zero-order chi connectivity index (χ0) is 14.8. The van der Waals surface area contributed by atoms with Gasteiger partial charge in [0.2, 0.25) is 0 Å². The van der Waals surface area contributed by atoms with E-state index in [1.165, 1.54) is 0 Å². The maximum Gasteiger partial charge on any atom is 0.299 e. The van der Waals surface area contributed by atoms with E-state index in [9.17, 15) is 9.59 Å². The minimum absolute atomic E-state index is 0.373. The molecule has 1 amide bonds. The van der Waals surface area contributed by atoms with Crippen LogP contribution in [0.2, 0.25) is 0 Å². The van der Waals surface area contributed by atoms with Crippen LogP contribution in [0.3, 0.4) is 0 Å². The van der Waals surface area contributed by atoms with Gasteiger partial charge in [-0.2, -0.15) is 0 Å². The fourth-order valence-electron chi connectivity index (χ4n) is 2.86. The number of hydrogen-bond acceptors (Lipinski definition) is 4. The number of anilines is 1. The fourth-order valence-corrected chi connectivity index (χ4v) is 2.86. The molecule has 0 aromatic heterocycles. The van der Waals surface area contributed by atoms with Crippen LogP contribution >= 0.6 is 0 Å². The first-order chi connectivity index (χ1) is 10.2. The Balaban J connectivity index is 1.74. The van der Waals surface area contributed by atoms with Gasteiger partial charge in [0.05, 0.1) is 24.5 Å². The Labute approximate surface area is 124 Å². The monoisotopic (exact) mass is 288 g/mol. The van der Waals surface area contributed by atoms with Crippen molar-refractivity contribution in [2.75, 3.05) is 44.3 Å². The standard InChI is InChI=1S/C16H20N2O3/c1-2-12-3-4-14-13(11-12)15(19)16(20)18(14)6-5-17-7-9-21-10-8-17/h3-4,11H,2,5-10H2,1H3. The molecule has 2 heterocycles. The lowest BCUT2D eigenvalue weighted by Gasteiger charge is -2.28. The molecule has 0 bridgehead atoms. The van der Waals surface area contributed by atoms with Crippen LogP contribution in [0.5, 0.6) is 0 Å². The summed E-state index contributed by atoms with van der Waals surface area (Å²) in [4.78, 5) is 28.2. The van der Waals surface area contributed by atoms with E-state index in [4.69, 9.17) is 4.74 Å². The molecule has 1 aromatic rings. The number of aryl methyl sites for hydroxylation is 1. The van der Waals surface area contributed by atoms with Crippen molar-refractivity contribution in [1.29, 1.82) is 0 Å². The average Bonchev–Trinajstić information content (AvgIpc) is 2.77. The first-order valence-electron chi connectivity index (χ1n) is 7.50. The summed E-state index contributed by atoms with van der Waals surface area (Å²) in [5.41, 5.74) is 2.40. The maximum atomic E-state index is 12.2. The van der Waals surface area contributed by atoms with Crippen molar-refractivity contribution in [2.45, 2.75) is 13.3 Å². The number of amides is 1. The van der Waals surface area contributed by atoms with Crippen LogP contribution in [0.4, 0.5) is 5.69 Å². The first kappa shape index (κ1) is 14.2. The Kier molecular flexibility index (Phi) is 4.03. The van der Waals surface area contributed by atoms with Gasteiger partial charge in [0.15, 0.2) is 0 Å². The fraction of sp³-hybridized carbons (Fsp3) is 0.500. The van der Waals surface area contributed by atoms with E-state index < -0.39 is 5.91 Å². The van der Waals surface area contributed by atoms with E-state index in [1.807, 2.05) is 25.1 Å². The molecule has 2 aliphatic heterocycles. The second-order valence-corrected chi connectivity index (χ2v) is 5.44. The van der Waals surface area contributed by atoms with Crippen LogP contribution in [0.15, 0.2) is 18.2 Å². The van der Waals surface area contributed by atoms with E-state index in [0.29, 0.717) is 12.1 Å². The van der Waals surface area contributed by atoms with Gasteiger partial charge < -0.3 is 9.64 Å². The Morgan fingerprint density at radius 1 is 1.14 bits per heavy atom. The minimum Gasteiger partial charge on any atom is -0.379 e. The highest BCUT2D eigenvalue weighted by atomic mass is 16.5. The van der Waals surface area contributed by atoms with Gasteiger partial charge in [-0.25, -0.2) is 0 Å². The molecule has 0 aliphatic carbocycles. The quantitative estimate of drug-likeness (QED) is 0.779. The number of benzene rings is 1. The van der Waals surface area contributed by atoms with Gasteiger partial charge >= 0.3 is 0 Å². The van der Waals surface area contributed by atoms with Gasteiger partial charge in [-0.3, -0.25) is 14.5 Å². The molecular formula is C16H20N2O3. The first-order valence-corrected chi connectivity index (χ1v) is 7.50. The third-order valence-electron chi connectivity index (χ3n) is 4.19. The van der Waals surface area contributed by atoms with Crippen LogP contribution in [-0.2, 0) is 16.0 Å². The molecule has 1 fully saturated rings. The average molecular weight is 288 g/mol.